The standard InChI is InChI=1S/C21H27N5O2/c1-14(2)20-22-15(3)12-19(24-20)25-8-10-26(11-9-25)21(28)17-6-5-7-18(13-17)23-16(4)27/h5-7,12-14H,8-11H2,1-4H3,(H,23,27). The van der Waals surface area contributed by atoms with Gasteiger partial charge in [0.15, 0.2) is 0 Å². The summed E-state index contributed by atoms with van der Waals surface area (Å²) < 4.78 is 0. The molecule has 0 saturated carbocycles. The number of carbonyl (C=O) groups is 2. The van der Waals surface area contributed by atoms with E-state index in [0.717, 1.165) is 30.4 Å². The van der Waals surface area contributed by atoms with E-state index in [2.05, 4.69) is 29.0 Å². The number of nitrogens with zero attached hydrogens (tertiary/aromatic N) is 4. The summed E-state index contributed by atoms with van der Waals surface area (Å²) in [6.07, 6.45) is 0. The number of benzene rings is 1. The first kappa shape index (κ1) is 19.8. The number of anilines is 2. The zero-order valence-electron chi connectivity index (χ0n) is 16.9. The molecule has 0 unspecified atom stereocenters. The third-order valence-corrected chi connectivity index (χ3v) is 4.70. The summed E-state index contributed by atoms with van der Waals surface area (Å²) >= 11 is 0. The van der Waals surface area contributed by atoms with Crippen LogP contribution in [-0.2, 0) is 4.79 Å². The van der Waals surface area contributed by atoms with Crippen LogP contribution in [0.25, 0.3) is 0 Å². The zero-order chi connectivity index (χ0) is 20.3. The van der Waals surface area contributed by atoms with Gasteiger partial charge in [0.05, 0.1) is 0 Å². The van der Waals surface area contributed by atoms with E-state index in [0.29, 0.717) is 24.3 Å². The van der Waals surface area contributed by atoms with E-state index in [-0.39, 0.29) is 17.7 Å². The average molecular weight is 381 g/mol. The van der Waals surface area contributed by atoms with Gasteiger partial charge in [-0.1, -0.05) is 19.9 Å². The van der Waals surface area contributed by atoms with Crippen molar-refractivity contribution in [3.05, 3.63) is 47.4 Å². The maximum absolute atomic E-state index is 12.8. The lowest BCUT2D eigenvalue weighted by Crippen LogP contribution is -2.49. The van der Waals surface area contributed by atoms with Crippen molar-refractivity contribution >= 4 is 23.3 Å². The van der Waals surface area contributed by atoms with E-state index in [1.807, 2.05) is 17.9 Å². The highest BCUT2D eigenvalue weighted by atomic mass is 16.2. The molecule has 0 bridgehead atoms. The van der Waals surface area contributed by atoms with Crippen molar-refractivity contribution in [2.45, 2.75) is 33.6 Å². The SMILES string of the molecule is CC(=O)Nc1cccc(C(=O)N2CCN(c3cc(C)nc(C(C)C)n3)CC2)c1. The van der Waals surface area contributed by atoms with Crippen LogP contribution in [0.2, 0.25) is 0 Å². The highest BCUT2D eigenvalue weighted by Crippen LogP contribution is 2.20. The lowest BCUT2D eigenvalue weighted by atomic mass is 10.1. The summed E-state index contributed by atoms with van der Waals surface area (Å²) in [4.78, 5) is 37.3. The number of piperazine rings is 1. The Morgan fingerprint density at radius 3 is 2.43 bits per heavy atom. The summed E-state index contributed by atoms with van der Waals surface area (Å²) in [5.74, 6) is 1.88. The third-order valence-electron chi connectivity index (χ3n) is 4.70. The fraction of sp³-hybridized carbons (Fsp3) is 0.429. The fourth-order valence-electron chi connectivity index (χ4n) is 3.25. The Morgan fingerprint density at radius 2 is 1.79 bits per heavy atom. The predicted octanol–water partition coefficient (Wildman–Crippen LogP) is 2.83. The van der Waals surface area contributed by atoms with Crippen LogP contribution in [0, 0.1) is 6.92 Å². The van der Waals surface area contributed by atoms with Crippen molar-refractivity contribution in [3.8, 4) is 0 Å². The minimum atomic E-state index is -0.154. The number of amides is 2. The Morgan fingerprint density at radius 1 is 1.07 bits per heavy atom. The molecule has 2 amide bonds. The topological polar surface area (TPSA) is 78.4 Å². The van der Waals surface area contributed by atoms with Crippen LogP contribution in [0.3, 0.4) is 0 Å². The fourth-order valence-corrected chi connectivity index (χ4v) is 3.25. The molecule has 1 aliphatic rings. The molecule has 148 valence electrons. The Hall–Kier alpha value is -2.96. The van der Waals surface area contributed by atoms with Gasteiger partial charge in [0, 0.05) is 62.0 Å². The van der Waals surface area contributed by atoms with Crippen LogP contribution in [0.1, 0.15) is 48.6 Å². The third kappa shape index (κ3) is 4.65. The smallest absolute Gasteiger partial charge is 0.254 e. The van der Waals surface area contributed by atoms with E-state index < -0.39 is 0 Å². The highest BCUT2D eigenvalue weighted by Gasteiger charge is 2.23. The van der Waals surface area contributed by atoms with E-state index in [1.165, 1.54) is 6.92 Å². The van der Waals surface area contributed by atoms with Gasteiger partial charge in [0.2, 0.25) is 5.91 Å². The normalized spacial score (nSPS) is 14.3. The number of rotatable bonds is 4. The first-order chi connectivity index (χ1) is 13.3. The number of carbonyl (C=O) groups excluding carboxylic acids is 2. The molecule has 28 heavy (non-hydrogen) atoms. The Bertz CT molecular complexity index is 873. The Kier molecular flexibility index (Phi) is 5.92. The molecule has 7 heteroatoms. The molecule has 0 aliphatic carbocycles. The lowest BCUT2D eigenvalue weighted by Gasteiger charge is -2.35. The summed E-state index contributed by atoms with van der Waals surface area (Å²) in [6.45, 7) is 10.3. The van der Waals surface area contributed by atoms with Gasteiger partial charge in [-0.05, 0) is 25.1 Å². The van der Waals surface area contributed by atoms with Crippen LogP contribution in [-0.4, -0.2) is 52.9 Å². The van der Waals surface area contributed by atoms with Gasteiger partial charge in [0.25, 0.3) is 5.91 Å². The number of aryl methyl sites for hydroxylation is 1. The summed E-state index contributed by atoms with van der Waals surface area (Å²) in [6, 6.07) is 9.06. The first-order valence-electron chi connectivity index (χ1n) is 9.61. The number of hydrogen-bond donors (Lipinski definition) is 1. The molecule has 1 aromatic heterocycles. The molecule has 1 N–H and O–H groups in total. The molecule has 2 aromatic rings. The van der Waals surface area contributed by atoms with Crippen molar-refractivity contribution in [2.24, 2.45) is 0 Å². The van der Waals surface area contributed by atoms with Crippen molar-refractivity contribution in [1.29, 1.82) is 0 Å². The molecule has 1 saturated heterocycles. The predicted molar refractivity (Wildman–Crippen MR) is 110 cm³/mol. The molecular formula is C21H27N5O2. The van der Waals surface area contributed by atoms with E-state index in [4.69, 9.17) is 4.98 Å². The van der Waals surface area contributed by atoms with Gasteiger partial charge in [-0.2, -0.15) is 0 Å². The maximum atomic E-state index is 12.8. The molecule has 7 nitrogen and oxygen atoms in total. The van der Waals surface area contributed by atoms with E-state index >= 15 is 0 Å². The molecule has 0 atom stereocenters. The molecule has 0 radical (unpaired) electrons. The minimum Gasteiger partial charge on any atom is -0.353 e. The quantitative estimate of drug-likeness (QED) is 0.881. The average Bonchev–Trinajstić information content (AvgIpc) is 2.66. The van der Waals surface area contributed by atoms with Crippen molar-refractivity contribution in [1.82, 2.24) is 14.9 Å². The van der Waals surface area contributed by atoms with Crippen molar-refractivity contribution in [2.75, 3.05) is 36.4 Å². The summed E-state index contributed by atoms with van der Waals surface area (Å²) in [7, 11) is 0. The van der Waals surface area contributed by atoms with Crippen LogP contribution < -0.4 is 10.2 Å². The monoisotopic (exact) mass is 381 g/mol. The van der Waals surface area contributed by atoms with Crippen LogP contribution in [0.5, 0.6) is 0 Å². The maximum Gasteiger partial charge on any atom is 0.254 e. The van der Waals surface area contributed by atoms with Crippen LogP contribution in [0.15, 0.2) is 30.3 Å². The van der Waals surface area contributed by atoms with E-state index in [9.17, 15) is 9.59 Å². The van der Waals surface area contributed by atoms with Gasteiger partial charge >= 0.3 is 0 Å². The number of aromatic nitrogens is 2. The van der Waals surface area contributed by atoms with Gasteiger partial charge < -0.3 is 15.1 Å². The summed E-state index contributed by atoms with van der Waals surface area (Å²) in [5.41, 5.74) is 2.18. The van der Waals surface area contributed by atoms with Crippen LogP contribution in [0.4, 0.5) is 11.5 Å². The second-order valence-corrected chi connectivity index (χ2v) is 7.42. The molecule has 3 rings (SSSR count). The highest BCUT2D eigenvalue weighted by molar-refractivity contribution is 5.97. The second kappa shape index (κ2) is 8.37. The number of hydrogen-bond acceptors (Lipinski definition) is 5. The summed E-state index contributed by atoms with van der Waals surface area (Å²) in [5, 5.41) is 2.72. The van der Waals surface area contributed by atoms with Crippen molar-refractivity contribution < 1.29 is 9.59 Å². The molecule has 2 heterocycles. The molecule has 1 aromatic carbocycles. The molecule has 1 fully saturated rings. The first-order valence-corrected chi connectivity index (χ1v) is 9.61. The number of nitrogens with one attached hydrogen (secondary N) is 1. The lowest BCUT2D eigenvalue weighted by molar-refractivity contribution is -0.114. The van der Waals surface area contributed by atoms with Gasteiger partial charge in [-0.25, -0.2) is 9.97 Å². The van der Waals surface area contributed by atoms with Gasteiger partial charge in [-0.15, -0.1) is 0 Å². The largest absolute Gasteiger partial charge is 0.353 e. The van der Waals surface area contributed by atoms with Gasteiger partial charge in [-0.3, -0.25) is 9.59 Å². The Balaban J connectivity index is 1.67. The van der Waals surface area contributed by atoms with Gasteiger partial charge in [0.1, 0.15) is 11.6 Å². The minimum absolute atomic E-state index is 0.0198. The Labute approximate surface area is 165 Å². The van der Waals surface area contributed by atoms with E-state index in [1.54, 1.807) is 24.3 Å². The van der Waals surface area contributed by atoms with Crippen LogP contribution >= 0.6 is 0 Å². The second-order valence-electron chi connectivity index (χ2n) is 7.42. The van der Waals surface area contributed by atoms with Crippen molar-refractivity contribution in [3.63, 3.8) is 0 Å². The molecule has 1 aliphatic heterocycles. The molecule has 0 spiro atoms. The zero-order valence-corrected chi connectivity index (χ0v) is 16.9. The molecular weight excluding hydrogens is 354 g/mol.